The van der Waals surface area contributed by atoms with Crippen molar-refractivity contribution >= 4 is 63.4 Å². The first-order valence-corrected chi connectivity index (χ1v) is 16.5. The SMILES string of the molecule is CCOc1ccccc1/C=C(\NC(=O)c1ccccc1)C(=O)Nc1ccc(SCC(=O)Nc2nc(-c3cccc([N+](=O)[O-])c3)cs2)cc1. The van der Waals surface area contributed by atoms with Gasteiger partial charge in [0.25, 0.3) is 17.5 Å². The van der Waals surface area contributed by atoms with Crippen LogP contribution in [0.15, 0.2) is 119 Å². The molecule has 11 nitrogen and oxygen atoms in total. The predicted octanol–water partition coefficient (Wildman–Crippen LogP) is 7.26. The first-order valence-electron chi connectivity index (χ1n) is 14.6. The third-order valence-electron chi connectivity index (χ3n) is 6.63. The third-order valence-corrected chi connectivity index (χ3v) is 8.40. The fourth-order valence-corrected chi connectivity index (χ4v) is 5.80. The van der Waals surface area contributed by atoms with Crippen molar-refractivity contribution in [3.05, 3.63) is 135 Å². The number of hydrogen-bond acceptors (Lipinski definition) is 9. The van der Waals surface area contributed by atoms with Crippen molar-refractivity contribution in [3.8, 4) is 17.0 Å². The van der Waals surface area contributed by atoms with Crippen LogP contribution in [0.2, 0.25) is 0 Å². The number of para-hydroxylation sites is 1. The molecule has 0 aliphatic rings. The van der Waals surface area contributed by atoms with Crippen LogP contribution < -0.4 is 20.7 Å². The molecule has 5 aromatic rings. The number of aromatic nitrogens is 1. The van der Waals surface area contributed by atoms with E-state index in [0.29, 0.717) is 45.6 Å². The molecule has 48 heavy (non-hydrogen) atoms. The van der Waals surface area contributed by atoms with Gasteiger partial charge in [0.05, 0.1) is 23.0 Å². The van der Waals surface area contributed by atoms with Crippen molar-refractivity contribution in [1.29, 1.82) is 0 Å². The zero-order chi connectivity index (χ0) is 33.9. The number of nitro benzene ring substituents is 1. The number of hydrogen-bond donors (Lipinski definition) is 3. The quantitative estimate of drug-likeness (QED) is 0.0509. The minimum absolute atomic E-state index is 0.0296. The van der Waals surface area contributed by atoms with Gasteiger partial charge >= 0.3 is 0 Å². The third kappa shape index (κ3) is 9.15. The summed E-state index contributed by atoms with van der Waals surface area (Å²) < 4.78 is 5.70. The molecule has 3 amide bonds. The summed E-state index contributed by atoms with van der Waals surface area (Å²) in [4.78, 5) is 54.8. The molecule has 0 saturated carbocycles. The van der Waals surface area contributed by atoms with Gasteiger partial charge in [0, 0.05) is 44.8 Å². The molecule has 0 fully saturated rings. The highest BCUT2D eigenvalue weighted by atomic mass is 32.2. The van der Waals surface area contributed by atoms with E-state index >= 15 is 0 Å². The fraction of sp³-hybridized carbons (Fsp3) is 0.0857. The molecule has 1 aromatic heterocycles. The Labute approximate surface area is 284 Å². The lowest BCUT2D eigenvalue weighted by atomic mass is 10.1. The summed E-state index contributed by atoms with van der Waals surface area (Å²) in [5, 5.41) is 21.5. The molecule has 0 aliphatic heterocycles. The molecule has 0 spiro atoms. The molecule has 242 valence electrons. The van der Waals surface area contributed by atoms with Gasteiger partial charge in [-0.25, -0.2) is 4.98 Å². The van der Waals surface area contributed by atoms with Crippen LogP contribution in [0, 0.1) is 10.1 Å². The van der Waals surface area contributed by atoms with Crippen LogP contribution in [0.4, 0.5) is 16.5 Å². The summed E-state index contributed by atoms with van der Waals surface area (Å²) in [5.74, 6) is -0.557. The van der Waals surface area contributed by atoms with E-state index in [-0.39, 0.29) is 23.0 Å². The molecule has 13 heteroatoms. The second kappa shape index (κ2) is 16.2. The molecular weight excluding hydrogens is 651 g/mol. The van der Waals surface area contributed by atoms with Crippen LogP contribution in [0.3, 0.4) is 0 Å². The van der Waals surface area contributed by atoms with E-state index in [1.165, 1.54) is 35.2 Å². The predicted molar refractivity (Wildman–Crippen MR) is 188 cm³/mol. The molecule has 0 unspecified atom stereocenters. The number of amides is 3. The van der Waals surface area contributed by atoms with Gasteiger partial charge in [0.2, 0.25) is 5.91 Å². The van der Waals surface area contributed by atoms with Crippen LogP contribution in [-0.4, -0.2) is 40.0 Å². The Hall–Kier alpha value is -5.79. The van der Waals surface area contributed by atoms with Gasteiger partial charge in [0.15, 0.2) is 5.13 Å². The maximum Gasteiger partial charge on any atom is 0.272 e. The largest absolute Gasteiger partial charge is 0.493 e. The second-order valence-electron chi connectivity index (χ2n) is 10.0. The number of carbonyl (C=O) groups is 3. The highest BCUT2D eigenvalue weighted by Gasteiger charge is 2.17. The average molecular weight is 680 g/mol. The number of benzene rings is 4. The van der Waals surface area contributed by atoms with Crippen LogP contribution >= 0.6 is 23.1 Å². The topological polar surface area (TPSA) is 153 Å². The normalized spacial score (nSPS) is 11.0. The highest BCUT2D eigenvalue weighted by molar-refractivity contribution is 8.00. The number of nitro groups is 1. The number of nitrogens with one attached hydrogen (secondary N) is 3. The monoisotopic (exact) mass is 679 g/mol. The van der Waals surface area contributed by atoms with Crippen LogP contribution in [0.1, 0.15) is 22.8 Å². The Morgan fingerprint density at radius 2 is 1.69 bits per heavy atom. The van der Waals surface area contributed by atoms with E-state index in [2.05, 4.69) is 20.9 Å². The molecule has 5 rings (SSSR count). The molecule has 0 radical (unpaired) electrons. The Bertz CT molecular complexity index is 1960. The van der Waals surface area contributed by atoms with E-state index in [1.807, 2.05) is 19.1 Å². The summed E-state index contributed by atoms with van der Waals surface area (Å²) in [5.41, 5.74) is 2.62. The van der Waals surface area contributed by atoms with Crippen molar-refractivity contribution in [2.75, 3.05) is 23.0 Å². The Morgan fingerprint density at radius 1 is 0.938 bits per heavy atom. The van der Waals surface area contributed by atoms with Gasteiger partial charge in [-0.1, -0.05) is 48.5 Å². The molecule has 3 N–H and O–H groups in total. The zero-order valence-electron chi connectivity index (χ0n) is 25.5. The molecular formula is C35H29N5O6S2. The van der Waals surface area contributed by atoms with Crippen LogP contribution in [0.25, 0.3) is 17.3 Å². The first-order chi connectivity index (χ1) is 23.3. The summed E-state index contributed by atoms with van der Waals surface area (Å²) in [6.07, 6.45) is 1.57. The van der Waals surface area contributed by atoms with Crippen LogP contribution in [0.5, 0.6) is 5.75 Å². The minimum atomic E-state index is -0.529. The second-order valence-corrected chi connectivity index (χ2v) is 11.9. The lowest BCUT2D eigenvalue weighted by Crippen LogP contribution is -2.30. The van der Waals surface area contributed by atoms with E-state index in [4.69, 9.17) is 4.74 Å². The van der Waals surface area contributed by atoms with Gasteiger partial charge in [-0.2, -0.15) is 0 Å². The summed E-state index contributed by atoms with van der Waals surface area (Å²) in [6.45, 7) is 2.30. The standard InChI is InChI=1S/C35H29N5O6S2/c1-2-46-31-14-7-6-11-25(31)20-29(37-33(42)23-9-4-3-5-10-23)34(43)36-26-15-17-28(18-16-26)47-22-32(41)39-35-38-30(21-48-35)24-12-8-13-27(19-24)40(44)45/h3-21H,2,22H2,1H3,(H,36,43)(H,37,42)(H,38,39,41)/b29-20-. The molecule has 0 saturated heterocycles. The van der Waals surface area contributed by atoms with Crippen molar-refractivity contribution in [2.45, 2.75) is 11.8 Å². The van der Waals surface area contributed by atoms with Crippen molar-refractivity contribution in [3.63, 3.8) is 0 Å². The van der Waals surface area contributed by atoms with Gasteiger partial charge < -0.3 is 20.7 Å². The lowest BCUT2D eigenvalue weighted by molar-refractivity contribution is -0.384. The number of thioether (sulfide) groups is 1. The minimum Gasteiger partial charge on any atom is -0.493 e. The van der Waals surface area contributed by atoms with Crippen molar-refractivity contribution < 1.29 is 24.0 Å². The molecule has 0 bridgehead atoms. The Morgan fingerprint density at radius 3 is 2.44 bits per heavy atom. The van der Waals surface area contributed by atoms with E-state index in [9.17, 15) is 24.5 Å². The molecule has 1 heterocycles. The number of carbonyl (C=O) groups excluding carboxylic acids is 3. The maximum absolute atomic E-state index is 13.4. The summed E-state index contributed by atoms with van der Waals surface area (Å²) >= 11 is 2.52. The lowest BCUT2D eigenvalue weighted by Gasteiger charge is -2.13. The van der Waals surface area contributed by atoms with Gasteiger partial charge in [0.1, 0.15) is 11.4 Å². The molecule has 4 aromatic carbocycles. The summed E-state index contributed by atoms with van der Waals surface area (Å²) in [6, 6.07) is 28.9. The highest BCUT2D eigenvalue weighted by Crippen LogP contribution is 2.28. The smallest absolute Gasteiger partial charge is 0.272 e. The van der Waals surface area contributed by atoms with Crippen LogP contribution in [-0.2, 0) is 9.59 Å². The first kappa shape index (κ1) is 33.6. The van der Waals surface area contributed by atoms with Gasteiger partial charge in [-0.05, 0) is 55.5 Å². The molecule has 0 atom stereocenters. The van der Waals surface area contributed by atoms with Crippen molar-refractivity contribution in [1.82, 2.24) is 10.3 Å². The molecule has 0 aliphatic carbocycles. The maximum atomic E-state index is 13.4. The number of ether oxygens (including phenoxy) is 1. The van der Waals surface area contributed by atoms with E-state index in [0.717, 1.165) is 4.90 Å². The van der Waals surface area contributed by atoms with E-state index < -0.39 is 16.7 Å². The van der Waals surface area contributed by atoms with Gasteiger partial charge in [-0.15, -0.1) is 23.1 Å². The van der Waals surface area contributed by atoms with E-state index in [1.54, 1.807) is 90.3 Å². The average Bonchev–Trinajstić information content (AvgIpc) is 3.57. The Kier molecular flexibility index (Phi) is 11.3. The summed E-state index contributed by atoms with van der Waals surface area (Å²) in [7, 11) is 0. The van der Waals surface area contributed by atoms with Gasteiger partial charge in [-0.3, -0.25) is 24.5 Å². The Balaban J connectivity index is 1.20. The number of anilines is 2. The number of nitrogens with zero attached hydrogens (tertiary/aromatic N) is 2. The number of rotatable bonds is 13. The number of thiazole rings is 1. The number of non-ortho nitro benzene ring substituents is 1. The zero-order valence-corrected chi connectivity index (χ0v) is 27.2. The van der Waals surface area contributed by atoms with Crippen molar-refractivity contribution in [2.24, 2.45) is 0 Å². The fourth-order valence-electron chi connectivity index (χ4n) is 4.36.